The Morgan fingerprint density at radius 3 is 2.69 bits per heavy atom. The molecular weight excluding hydrogens is 423 g/mol. The van der Waals surface area contributed by atoms with Gasteiger partial charge in [-0.15, -0.1) is 0 Å². The molecule has 1 heterocycles. The van der Waals surface area contributed by atoms with Crippen LogP contribution in [0.25, 0.3) is 0 Å². The number of carbonyl (C=O) groups is 3. The Labute approximate surface area is 176 Å². The molecule has 152 valence electrons. The fourth-order valence-electron chi connectivity index (χ4n) is 2.42. The van der Waals surface area contributed by atoms with E-state index >= 15 is 0 Å². The first-order valence-electron chi connectivity index (χ1n) is 8.47. The predicted molar refractivity (Wildman–Crippen MR) is 106 cm³/mol. The lowest BCUT2D eigenvalue weighted by Crippen LogP contribution is -2.35. The molecule has 3 rings (SSSR count). The highest BCUT2D eigenvalue weighted by molar-refractivity contribution is 6.44. The van der Waals surface area contributed by atoms with Crippen LogP contribution in [0.4, 0.5) is 5.69 Å². The average molecular weight is 439 g/mol. The first-order chi connectivity index (χ1) is 13.8. The monoisotopic (exact) mass is 438 g/mol. The molecule has 1 aliphatic heterocycles. The number of halogens is 2. The highest BCUT2D eigenvalue weighted by Gasteiger charge is 2.21. The summed E-state index contributed by atoms with van der Waals surface area (Å²) in [4.78, 5) is 36.3. The third-order valence-corrected chi connectivity index (χ3v) is 4.73. The standard InChI is InChI=1S/C19H16Cl2N2O6/c1-10(18(25)23-13-4-2-3-12(20)17(13)21)29-16(24)8-22-19(26)11-5-6-14-15(7-11)28-9-27-14/h2-7,10H,8-9H2,1H3,(H,22,26)(H,23,25). The van der Waals surface area contributed by atoms with Crippen LogP contribution in [0.1, 0.15) is 17.3 Å². The molecule has 0 fully saturated rings. The molecule has 29 heavy (non-hydrogen) atoms. The van der Waals surface area contributed by atoms with Gasteiger partial charge < -0.3 is 24.8 Å². The Balaban J connectivity index is 1.49. The number of rotatable bonds is 6. The van der Waals surface area contributed by atoms with E-state index < -0.39 is 30.4 Å². The summed E-state index contributed by atoms with van der Waals surface area (Å²) >= 11 is 11.9. The topological polar surface area (TPSA) is 103 Å². The Kier molecular flexibility index (Phi) is 6.46. The van der Waals surface area contributed by atoms with E-state index in [0.29, 0.717) is 22.7 Å². The molecule has 1 atom stereocenters. The van der Waals surface area contributed by atoms with Crippen molar-refractivity contribution in [3.05, 3.63) is 52.0 Å². The van der Waals surface area contributed by atoms with E-state index in [1.807, 2.05) is 0 Å². The van der Waals surface area contributed by atoms with Crippen LogP contribution in [-0.4, -0.2) is 37.2 Å². The van der Waals surface area contributed by atoms with E-state index in [-0.39, 0.29) is 16.8 Å². The summed E-state index contributed by atoms with van der Waals surface area (Å²) in [6.07, 6.45) is -1.11. The van der Waals surface area contributed by atoms with E-state index in [9.17, 15) is 14.4 Å². The number of hydrogen-bond acceptors (Lipinski definition) is 6. The molecule has 2 N–H and O–H groups in total. The second-order valence-electron chi connectivity index (χ2n) is 5.97. The SMILES string of the molecule is CC(OC(=O)CNC(=O)c1ccc2c(c1)OCO2)C(=O)Nc1cccc(Cl)c1Cl. The zero-order valence-corrected chi connectivity index (χ0v) is 16.7. The molecule has 0 aromatic heterocycles. The van der Waals surface area contributed by atoms with Gasteiger partial charge in [0.1, 0.15) is 6.54 Å². The highest BCUT2D eigenvalue weighted by atomic mass is 35.5. The van der Waals surface area contributed by atoms with Gasteiger partial charge in [0, 0.05) is 5.56 Å². The van der Waals surface area contributed by atoms with E-state index in [1.54, 1.807) is 30.3 Å². The molecule has 1 aliphatic rings. The second-order valence-corrected chi connectivity index (χ2v) is 6.76. The molecular formula is C19H16Cl2N2O6. The molecule has 1 unspecified atom stereocenters. The summed E-state index contributed by atoms with van der Waals surface area (Å²) in [6.45, 7) is 1.07. The lowest BCUT2D eigenvalue weighted by molar-refractivity contribution is -0.152. The van der Waals surface area contributed by atoms with Crippen LogP contribution in [0.3, 0.4) is 0 Å². The minimum atomic E-state index is -1.11. The maximum Gasteiger partial charge on any atom is 0.326 e. The fourth-order valence-corrected chi connectivity index (χ4v) is 2.77. The maximum atomic E-state index is 12.2. The van der Waals surface area contributed by atoms with Crippen molar-refractivity contribution >= 4 is 46.7 Å². The maximum absolute atomic E-state index is 12.2. The quantitative estimate of drug-likeness (QED) is 0.671. The summed E-state index contributed by atoms with van der Waals surface area (Å²) in [5.74, 6) is -0.877. The molecule has 0 saturated carbocycles. The van der Waals surface area contributed by atoms with Crippen LogP contribution in [0.5, 0.6) is 11.5 Å². The van der Waals surface area contributed by atoms with Crippen molar-refractivity contribution in [2.45, 2.75) is 13.0 Å². The molecule has 0 radical (unpaired) electrons. The average Bonchev–Trinajstić information content (AvgIpc) is 3.17. The Hall–Kier alpha value is -2.97. The molecule has 0 saturated heterocycles. The van der Waals surface area contributed by atoms with Crippen LogP contribution in [0.15, 0.2) is 36.4 Å². The Bertz CT molecular complexity index is 966. The van der Waals surface area contributed by atoms with Crippen molar-refractivity contribution in [3.8, 4) is 11.5 Å². The van der Waals surface area contributed by atoms with Gasteiger partial charge in [0.25, 0.3) is 11.8 Å². The van der Waals surface area contributed by atoms with E-state index in [2.05, 4.69) is 10.6 Å². The normalized spacial score (nSPS) is 12.8. The summed E-state index contributed by atoms with van der Waals surface area (Å²) in [6, 6.07) is 9.40. The number of fused-ring (bicyclic) bond motifs is 1. The molecule has 2 aromatic rings. The largest absolute Gasteiger partial charge is 0.454 e. The molecule has 8 nitrogen and oxygen atoms in total. The van der Waals surface area contributed by atoms with Crippen molar-refractivity contribution in [1.82, 2.24) is 5.32 Å². The summed E-state index contributed by atoms with van der Waals surface area (Å²) in [5, 5.41) is 5.40. The number of anilines is 1. The van der Waals surface area contributed by atoms with Crippen LogP contribution in [0, 0.1) is 0 Å². The third-order valence-electron chi connectivity index (χ3n) is 3.91. The minimum absolute atomic E-state index is 0.0904. The lowest BCUT2D eigenvalue weighted by Gasteiger charge is -2.15. The van der Waals surface area contributed by atoms with E-state index in [4.69, 9.17) is 37.4 Å². The van der Waals surface area contributed by atoms with Gasteiger partial charge in [-0.2, -0.15) is 0 Å². The number of carbonyl (C=O) groups excluding carboxylic acids is 3. The number of esters is 1. The number of hydrogen-bond donors (Lipinski definition) is 2. The van der Waals surface area contributed by atoms with Crippen LogP contribution < -0.4 is 20.1 Å². The minimum Gasteiger partial charge on any atom is -0.454 e. The molecule has 0 aliphatic carbocycles. The summed E-state index contributed by atoms with van der Waals surface area (Å²) in [5.41, 5.74) is 0.589. The zero-order valence-electron chi connectivity index (χ0n) is 15.2. The van der Waals surface area contributed by atoms with Gasteiger partial charge in [-0.1, -0.05) is 29.3 Å². The molecule has 0 spiro atoms. The summed E-state index contributed by atoms with van der Waals surface area (Å²) in [7, 11) is 0. The second kappa shape index (κ2) is 9.02. The van der Waals surface area contributed by atoms with Crippen LogP contribution in [-0.2, 0) is 14.3 Å². The molecule has 2 aromatic carbocycles. The van der Waals surface area contributed by atoms with Crippen molar-refractivity contribution in [1.29, 1.82) is 0 Å². The number of ether oxygens (including phenoxy) is 3. The van der Waals surface area contributed by atoms with Crippen LogP contribution >= 0.6 is 23.2 Å². The smallest absolute Gasteiger partial charge is 0.326 e. The zero-order chi connectivity index (χ0) is 21.0. The lowest BCUT2D eigenvalue weighted by atomic mass is 10.2. The Morgan fingerprint density at radius 1 is 1.14 bits per heavy atom. The van der Waals surface area contributed by atoms with Crippen molar-refractivity contribution in [3.63, 3.8) is 0 Å². The van der Waals surface area contributed by atoms with Gasteiger partial charge in [0.2, 0.25) is 6.79 Å². The third kappa shape index (κ3) is 5.10. The van der Waals surface area contributed by atoms with Gasteiger partial charge >= 0.3 is 5.97 Å². The van der Waals surface area contributed by atoms with Crippen LogP contribution in [0.2, 0.25) is 10.0 Å². The fraction of sp³-hybridized carbons (Fsp3) is 0.211. The number of benzene rings is 2. The highest BCUT2D eigenvalue weighted by Crippen LogP contribution is 2.32. The molecule has 0 bridgehead atoms. The van der Waals surface area contributed by atoms with Gasteiger partial charge in [0.05, 0.1) is 15.7 Å². The van der Waals surface area contributed by atoms with Gasteiger partial charge in [0.15, 0.2) is 17.6 Å². The molecule has 10 heteroatoms. The van der Waals surface area contributed by atoms with Crippen molar-refractivity contribution in [2.75, 3.05) is 18.7 Å². The number of nitrogens with one attached hydrogen (secondary N) is 2. The first kappa shape index (κ1) is 20.8. The van der Waals surface area contributed by atoms with E-state index in [1.165, 1.54) is 13.0 Å². The molecule has 2 amide bonds. The Morgan fingerprint density at radius 2 is 1.90 bits per heavy atom. The van der Waals surface area contributed by atoms with E-state index in [0.717, 1.165) is 0 Å². The van der Waals surface area contributed by atoms with Gasteiger partial charge in [-0.25, -0.2) is 0 Å². The number of amides is 2. The van der Waals surface area contributed by atoms with Crippen molar-refractivity contribution in [2.24, 2.45) is 0 Å². The van der Waals surface area contributed by atoms with Gasteiger partial charge in [-0.3, -0.25) is 14.4 Å². The predicted octanol–water partition coefficient (Wildman–Crippen LogP) is 3.02. The van der Waals surface area contributed by atoms with Crippen molar-refractivity contribution < 1.29 is 28.6 Å². The first-order valence-corrected chi connectivity index (χ1v) is 9.23. The van der Waals surface area contributed by atoms with Gasteiger partial charge in [-0.05, 0) is 37.3 Å². The summed E-state index contributed by atoms with van der Waals surface area (Å²) < 4.78 is 15.4.